The van der Waals surface area contributed by atoms with Gasteiger partial charge >= 0.3 is 5.97 Å². The van der Waals surface area contributed by atoms with E-state index in [1.165, 1.54) is 22.5 Å². The molecule has 0 atom stereocenters. The Hall–Kier alpha value is -3.45. The first-order valence-electron chi connectivity index (χ1n) is 10.4. The van der Waals surface area contributed by atoms with Crippen molar-refractivity contribution in [2.75, 3.05) is 11.4 Å². The summed E-state index contributed by atoms with van der Waals surface area (Å²) in [5.74, 6) is -0.174. The SMILES string of the molecule is Cc1ccc(-c2csc(C3=C(O)CN(c4cccc(C(=O)OC(C)C)c4)C3=N)n2)cc1C. The van der Waals surface area contributed by atoms with Crippen LogP contribution in [0.25, 0.3) is 16.8 Å². The molecule has 0 fully saturated rings. The largest absolute Gasteiger partial charge is 0.510 e. The second kappa shape index (κ2) is 8.59. The number of anilines is 1. The summed E-state index contributed by atoms with van der Waals surface area (Å²) < 4.78 is 5.27. The molecule has 0 unspecified atom stereocenters. The predicted octanol–water partition coefficient (Wildman–Crippen LogP) is 5.76. The van der Waals surface area contributed by atoms with Crippen LogP contribution in [0.3, 0.4) is 0 Å². The second-order valence-corrected chi connectivity index (χ2v) is 8.96. The van der Waals surface area contributed by atoms with E-state index in [-0.39, 0.29) is 24.2 Å². The highest BCUT2D eigenvalue weighted by Gasteiger charge is 2.31. The fourth-order valence-corrected chi connectivity index (χ4v) is 4.42. The van der Waals surface area contributed by atoms with Gasteiger partial charge in [-0.05, 0) is 63.1 Å². The van der Waals surface area contributed by atoms with Gasteiger partial charge in [0.1, 0.15) is 16.6 Å². The van der Waals surface area contributed by atoms with Crippen molar-refractivity contribution >= 4 is 34.4 Å². The molecule has 2 aromatic carbocycles. The number of benzene rings is 2. The third-order valence-electron chi connectivity index (χ3n) is 5.36. The summed E-state index contributed by atoms with van der Waals surface area (Å²) in [7, 11) is 0. The number of nitrogens with one attached hydrogen (secondary N) is 1. The molecule has 32 heavy (non-hydrogen) atoms. The van der Waals surface area contributed by atoms with Gasteiger partial charge in [-0.3, -0.25) is 5.41 Å². The number of amidine groups is 1. The van der Waals surface area contributed by atoms with Gasteiger partial charge in [-0.15, -0.1) is 11.3 Å². The quantitative estimate of drug-likeness (QED) is 0.486. The number of aromatic nitrogens is 1. The van der Waals surface area contributed by atoms with Crippen molar-refractivity contribution in [2.45, 2.75) is 33.8 Å². The Morgan fingerprint density at radius 3 is 2.69 bits per heavy atom. The van der Waals surface area contributed by atoms with Crippen LogP contribution in [0, 0.1) is 19.3 Å². The average Bonchev–Trinajstić information content (AvgIpc) is 3.34. The maximum Gasteiger partial charge on any atom is 0.338 e. The molecular weight excluding hydrogens is 422 g/mol. The normalized spacial score (nSPS) is 13.9. The molecule has 0 radical (unpaired) electrons. The monoisotopic (exact) mass is 447 g/mol. The maximum atomic E-state index is 12.3. The third kappa shape index (κ3) is 4.16. The molecule has 2 N–H and O–H groups in total. The van der Waals surface area contributed by atoms with Gasteiger partial charge in [0.15, 0.2) is 0 Å². The van der Waals surface area contributed by atoms with Gasteiger partial charge in [0.25, 0.3) is 0 Å². The number of nitrogens with zero attached hydrogens (tertiary/aromatic N) is 2. The Labute approximate surface area is 191 Å². The zero-order chi connectivity index (χ0) is 23.0. The van der Waals surface area contributed by atoms with Crippen molar-refractivity contribution < 1.29 is 14.6 Å². The summed E-state index contributed by atoms with van der Waals surface area (Å²) in [4.78, 5) is 18.6. The van der Waals surface area contributed by atoms with Gasteiger partial charge in [-0.25, -0.2) is 9.78 Å². The molecule has 1 aromatic heterocycles. The minimum atomic E-state index is -0.414. The number of carbonyl (C=O) groups excluding carboxylic acids is 1. The Bertz CT molecular complexity index is 1240. The molecule has 0 amide bonds. The Morgan fingerprint density at radius 1 is 1.19 bits per heavy atom. The van der Waals surface area contributed by atoms with Crippen LogP contribution < -0.4 is 4.90 Å². The van der Waals surface area contributed by atoms with Crippen LogP contribution in [-0.4, -0.2) is 34.5 Å². The van der Waals surface area contributed by atoms with Crippen molar-refractivity contribution in [1.29, 1.82) is 5.41 Å². The van der Waals surface area contributed by atoms with Crippen molar-refractivity contribution in [2.24, 2.45) is 0 Å². The number of rotatable bonds is 5. The van der Waals surface area contributed by atoms with E-state index in [2.05, 4.69) is 26.0 Å². The van der Waals surface area contributed by atoms with Gasteiger partial charge in [0, 0.05) is 16.6 Å². The lowest BCUT2D eigenvalue weighted by atomic mass is 10.1. The Balaban J connectivity index is 1.59. The summed E-state index contributed by atoms with van der Waals surface area (Å²) in [6.45, 7) is 7.88. The molecule has 7 heteroatoms. The standard InChI is InChI=1S/C25H25N3O3S/c1-14(2)31-25(30)18-6-5-7-19(11-18)28-12-21(29)22(23(28)26)24-27-20(13-32-24)17-9-8-15(3)16(4)10-17/h5-11,13-14,26,29H,12H2,1-4H3. The number of hydrogen-bond acceptors (Lipinski definition) is 6. The molecule has 3 aromatic rings. The molecule has 0 saturated carbocycles. The van der Waals surface area contributed by atoms with Crippen LogP contribution in [0.4, 0.5) is 5.69 Å². The van der Waals surface area contributed by atoms with E-state index in [0.717, 1.165) is 11.3 Å². The van der Waals surface area contributed by atoms with E-state index < -0.39 is 5.97 Å². The van der Waals surface area contributed by atoms with E-state index in [1.807, 2.05) is 11.4 Å². The molecule has 1 aliphatic rings. The first kappa shape index (κ1) is 21.8. The maximum absolute atomic E-state index is 12.3. The van der Waals surface area contributed by atoms with E-state index in [0.29, 0.717) is 21.8 Å². The topological polar surface area (TPSA) is 86.5 Å². The zero-order valence-electron chi connectivity index (χ0n) is 18.5. The number of ether oxygens (including phenoxy) is 1. The molecule has 4 rings (SSSR count). The number of aliphatic hydroxyl groups excluding tert-OH is 1. The summed E-state index contributed by atoms with van der Waals surface area (Å²) in [6.07, 6.45) is -0.218. The van der Waals surface area contributed by atoms with Crippen LogP contribution in [-0.2, 0) is 4.74 Å². The first-order valence-corrected chi connectivity index (χ1v) is 11.3. The minimum Gasteiger partial charge on any atom is -0.510 e. The Kier molecular flexibility index (Phi) is 5.84. The van der Waals surface area contributed by atoms with Gasteiger partial charge in [-0.2, -0.15) is 0 Å². The molecule has 6 nitrogen and oxygen atoms in total. The molecular formula is C25H25N3O3S. The fourth-order valence-electron chi connectivity index (χ4n) is 3.53. The first-order chi connectivity index (χ1) is 15.2. The van der Waals surface area contributed by atoms with E-state index in [4.69, 9.17) is 15.1 Å². The second-order valence-electron chi connectivity index (χ2n) is 8.10. The lowest BCUT2D eigenvalue weighted by molar-refractivity contribution is 0.0378. The lowest BCUT2D eigenvalue weighted by Gasteiger charge is -2.19. The number of aliphatic hydroxyl groups is 1. The molecule has 0 bridgehead atoms. The number of aryl methyl sites for hydroxylation is 2. The predicted molar refractivity (Wildman–Crippen MR) is 129 cm³/mol. The third-order valence-corrected chi connectivity index (χ3v) is 6.22. The van der Waals surface area contributed by atoms with Crippen molar-refractivity contribution in [3.63, 3.8) is 0 Å². The van der Waals surface area contributed by atoms with Crippen LogP contribution in [0.15, 0.2) is 53.6 Å². The highest BCUT2D eigenvalue weighted by molar-refractivity contribution is 7.11. The Morgan fingerprint density at radius 2 is 1.97 bits per heavy atom. The lowest BCUT2D eigenvalue weighted by Crippen LogP contribution is -2.26. The van der Waals surface area contributed by atoms with Crippen LogP contribution in [0.5, 0.6) is 0 Å². The van der Waals surface area contributed by atoms with Gasteiger partial charge < -0.3 is 14.7 Å². The van der Waals surface area contributed by atoms with E-state index in [9.17, 15) is 9.90 Å². The average molecular weight is 448 g/mol. The highest BCUT2D eigenvalue weighted by atomic mass is 32.1. The summed E-state index contributed by atoms with van der Waals surface area (Å²) >= 11 is 1.40. The highest BCUT2D eigenvalue weighted by Crippen LogP contribution is 2.35. The molecule has 0 spiro atoms. The van der Waals surface area contributed by atoms with Gasteiger partial charge in [0.2, 0.25) is 0 Å². The molecule has 0 aliphatic carbocycles. The molecule has 1 aliphatic heterocycles. The van der Waals surface area contributed by atoms with E-state index >= 15 is 0 Å². The smallest absolute Gasteiger partial charge is 0.338 e. The number of esters is 1. The van der Waals surface area contributed by atoms with Crippen molar-refractivity contribution in [3.05, 3.63) is 75.3 Å². The van der Waals surface area contributed by atoms with Crippen LogP contribution in [0.2, 0.25) is 0 Å². The van der Waals surface area contributed by atoms with Crippen LogP contribution in [0.1, 0.15) is 40.3 Å². The summed E-state index contributed by atoms with van der Waals surface area (Å²) in [5, 5.41) is 21.9. The van der Waals surface area contributed by atoms with Gasteiger partial charge in [-0.1, -0.05) is 18.2 Å². The van der Waals surface area contributed by atoms with Crippen molar-refractivity contribution in [3.8, 4) is 11.3 Å². The molecule has 0 saturated heterocycles. The molecule has 164 valence electrons. The number of hydrogen-bond donors (Lipinski definition) is 2. The molecule has 2 heterocycles. The number of carbonyl (C=O) groups is 1. The van der Waals surface area contributed by atoms with E-state index in [1.54, 1.807) is 43.0 Å². The zero-order valence-corrected chi connectivity index (χ0v) is 19.3. The minimum absolute atomic E-state index is 0.0890. The van der Waals surface area contributed by atoms with Crippen LogP contribution >= 0.6 is 11.3 Å². The number of thiazole rings is 1. The summed E-state index contributed by atoms with van der Waals surface area (Å²) in [6, 6.07) is 13.1. The fraction of sp³-hybridized carbons (Fsp3) is 0.240. The summed E-state index contributed by atoms with van der Waals surface area (Å²) in [5.41, 5.74) is 5.70. The van der Waals surface area contributed by atoms with Gasteiger partial charge in [0.05, 0.1) is 29.5 Å². The van der Waals surface area contributed by atoms with Crippen molar-refractivity contribution in [1.82, 2.24) is 4.98 Å².